The number of imide groups is 2. The first-order valence-electron chi connectivity index (χ1n) is 11.3. The SMILES string of the molecule is CCc1ccccc1N1C(=O)NC(=O)/C(=C/c2ccc(OCc3ccc(C(=O)OC)o3)c(OC)c2)C1=O. The van der Waals surface area contributed by atoms with Crippen molar-refractivity contribution in [1.82, 2.24) is 5.32 Å². The summed E-state index contributed by atoms with van der Waals surface area (Å²) in [6.45, 7) is 1.93. The molecule has 190 valence electrons. The Morgan fingerprint density at radius 3 is 2.54 bits per heavy atom. The molecule has 10 nitrogen and oxygen atoms in total. The maximum atomic E-state index is 13.2. The molecule has 37 heavy (non-hydrogen) atoms. The van der Waals surface area contributed by atoms with Crippen LogP contribution in [0.15, 0.2) is 64.6 Å². The topological polar surface area (TPSA) is 124 Å². The Morgan fingerprint density at radius 1 is 1.03 bits per heavy atom. The van der Waals surface area contributed by atoms with Gasteiger partial charge in [-0.2, -0.15) is 0 Å². The van der Waals surface area contributed by atoms with Crippen molar-refractivity contribution in [3.05, 3.63) is 82.8 Å². The summed E-state index contributed by atoms with van der Waals surface area (Å²) in [7, 11) is 2.70. The van der Waals surface area contributed by atoms with Crippen LogP contribution in [0.1, 0.15) is 34.4 Å². The maximum Gasteiger partial charge on any atom is 0.373 e. The lowest BCUT2D eigenvalue weighted by Crippen LogP contribution is -2.54. The van der Waals surface area contributed by atoms with Crippen LogP contribution in [0.2, 0.25) is 0 Å². The van der Waals surface area contributed by atoms with Crippen molar-refractivity contribution < 1.29 is 37.8 Å². The second-order valence-electron chi connectivity index (χ2n) is 7.90. The first kappa shape index (κ1) is 25.2. The van der Waals surface area contributed by atoms with Crippen LogP contribution in [-0.2, 0) is 27.4 Å². The third-order valence-corrected chi connectivity index (χ3v) is 5.63. The number of barbiturate groups is 1. The Bertz CT molecular complexity index is 1400. The number of carbonyl (C=O) groups is 4. The molecule has 4 rings (SSSR count). The number of anilines is 1. The molecule has 1 aliphatic rings. The van der Waals surface area contributed by atoms with E-state index >= 15 is 0 Å². The predicted octanol–water partition coefficient (Wildman–Crippen LogP) is 3.88. The lowest BCUT2D eigenvalue weighted by Gasteiger charge is -2.28. The van der Waals surface area contributed by atoms with Crippen LogP contribution in [0.5, 0.6) is 11.5 Å². The molecule has 0 saturated carbocycles. The minimum atomic E-state index is -0.803. The van der Waals surface area contributed by atoms with Crippen LogP contribution in [0, 0.1) is 0 Å². The van der Waals surface area contributed by atoms with Crippen LogP contribution in [0.25, 0.3) is 6.08 Å². The number of nitrogens with zero attached hydrogens (tertiary/aromatic N) is 1. The Balaban J connectivity index is 1.57. The largest absolute Gasteiger partial charge is 0.493 e. The molecule has 0 aliphatic carbocycles. The Kier molecular flexibility index (Phi) is 7.38. The zero-order chi connectivity index (χ0) is 26.5. The van der Waals surface area contributed by atoms with Crippen LogP contribution in [-0.4, -0.2) is 38.0 Å². The van der Waals surface area contributed by atoms with Crippen LogP contribution in [0.3, 0.4) is 0 Å². The van der Waals surface area contributed by atoms with Gasteiger partial charge in [0.2, 0.25) is 5.76 Å². The molecule has 0 unspecified atom stereocenters. The first-order valence-corrected chi connectivity index (χ1v) is 11.3. The highest BCUT2D eigenvalue weighted by Gasteiger charge is 2.37. The molecular formula is C27H24N2O8. The normalized spacial score (nSPS) is 14.5. The van der Waals surface area contributed by atoms with E-state index in [4.69, 9.17) is 13.9 Å². The van der Waals surface area contributed by atoms with Crippen molar-refractivity contribution in [3.63, 3.8) is 0 Å². The van der Waals surface area contributed by atoms with Gasteiger partial charge in [0.25, 0.3) is 11.8 Å². The van der Waals surface area contributed by atoms with Crippen molar-refractivity contribution in [1.29, 1.82) is 0 Å². The number of ether oxygens (including phenoxy) is 3. The molecule has 10 heteroatoms. The lowest BCUT2D eigenvalue weighted by molar-refractivity contribution is -0.122. The highest BCUT2D eigenvalue weighted by Crippen LogP contribution is 2.31. The fourth-order valence-corrected chi connectivity index (χ4v) is 3.78. The van der Waals surface area contributed by atoms with Gasteiger partial charge in [-0.15, -0.1) is 0 Å². The van der Waals surface area contributed by atoms with E-state index in [1.807, 2.05) is 19.1 Å². The molecule has 3 aromatic rings. The Labute approximate surface area is 212 Å². The van der Waals surface area contributed by atoms with Crippen LogP contribution < -0.4 is 19.7 Å². The number of esters is 1. The van der Waals surface area contributed by atoms with Gasteiger partial charge < -0.3 is 18.6 Å². The van der Waals surface area contributed by atoms with Gasteiger partial charge in [0.1, 0.15) is 17.9 Å². The fourth-order valence-electron chi connectivity index (χ4n) is 3.78. The number of urea groups is 1. The minimum absolute atomic E-state index is 0.0165. The molecule has 1 fully saturated rings. The molecule has 4 amide bonds. The maximum absolute atomic E-state index is 13.2. The third-order valence-electron chi connectivity index (χ3n) is 5.63. The number of para-hydroxylation sites is 1. The van der Waals surface area contributed by atoms with Crippen molar-refractivity contribution in [2.45, 2.75) is 20.0 Å². The zero-order valence-electron chi connectivity index (χ0n) is 20.4. The van der Waals surface area contributed by atoms with Gasteiger partial charge in [-0.3, -0.25) is 14.9 Å². The van der Waals surface area contributed by atoms with Gasteiger partial charge in [-0.25, -0.2) is 14.5 Å². The number of aryl methyl sites for hydroxylation is 1. The molecule has 1 N–H and O–H groups in total. The number of benzene rings is 2. The monoisotopic (exact) mass is 504 g/mol. The van der Waals surface area contributed by atoms with E-state index in [9.17, 15) is 19.2 Å². The number of rotatable bonds is 8. The molecule has 0 atom stereocenters. The summed E-state index contributed by atoms with van der Waals surface area (Å²) in [6.07, 6.45) is 1.98. The van der Waals surface area contributed by atoms with Crippen LogP contribution >= 0.6 is 0 Å². The number of nitrogens with one attached hydrogen (secondary N) is 1. The molecule has 2 aromatic carbocycles. The van der Waals surface area contributed by atoms with E-state index in [0.29, 0.717) is 34.9 Å². The van der Waals surface area contributed by atoms with E-state index in [-0.39, 0.29) is 17.9 Å². The summed E-state index contributed by atoms with van der Waals surface area (Å²) < 4.78 is 21.2. The van der Waals surface area contributed by atoms with Crippen molar-refractivity contribution in [3.8, 4) is 11.5 Å². The minimum Gasteiger partial charge on any atom is -0.493 e. The molecular weight excluding hydrogens is 480 g/mol. The first-order chi connectivity index (χ1) is 17.9. The number of amides is 4. The fraction of sp³-hybridized carbons (Fsp3) is 0.185. The van der Waals surface area contributed by atoms with E-state index in [0.717, 1.165) is 10.5 Å². The number of furan rings is 1. The Morgan fingerprint density at radius 2 is 1.81 bits per heavy atom. The van der Waals surface area contributed by atoms with E-state index < -0.39 is 23.8 Å². The van der Waals surface area contributed by atoms with E-state index in [1.165, 1.54) is 26.4 Å². The predicted molar refractivity (Wildman–Crippen MR) is 132 cm³/mol. The number of hydrogen-bond donors (Lipinski definition) is 1. The average Bonchev–Trinajstić information content (AvgIpc) is 3.39. The van der Waals surface area contributed by atoms with Gasteiger partial charge in [-0.1, -0.05) is 31.2 Å². The smallest absolute Gasteiger partial charge is 0.373 e. The second-order valence-corrected chi connectivity index (χ2v) is 7.90. The lowest BCUT2D eigenvalue weighted by atomic mass is 10.0. The molecule has 1 aromatic heterocycles. The highest BCUT2D eigenvalue weighted by atomic mass is 16.5. The van der Waals surface area contributed by atoms with Gasteiger partial charge in [0.05, 0.1) is 19.9 Å². The molecule has 2 heterocycles. The highest BCUT2D eigenvalue weighted by molar-refractivity contribution is 6.39. The molecule has 0 bridgehead atoms. The third kappa shape index (κ3) is 5.22. The van der Waals surface area contributed by atoms with Crippen LogP contribution in [0.4, 0.5) is 10.5 Å². The summed E-state index contributed by atoms with van der Waals surface area (Å²) in [6, 6.07) is 14.1. The van der Waals surface area contributed by atoms with Crippen molar-refractivity contribution in [2.75, 3.05) is 19.1 Å². The Hall–Kier alpha value is -4.86. The van der Waals surface area contributed by atoms with Crippen molar-refractivity contribution in [2.24, 2.45) is 0 Å². The standard InChI is InChI=1S/C27H24N2O8/c1-4-17-7-5-6-8-20(17)29-25(31)19(24(30)28-27(29)33)13-16-9-11-21(23(14-16)34-2)36-15-18-10-12-22(37-18)26(32)35-3/h5-14H,4,15H2,1-3H3,(H,28,30,33)/b19-13-. The van der Waals surface area contributed by atoms with E-state index in [2.05, 4.69) is 10.1 Å². The van der Waals surface area contributed by atoms with Crippen molar-refractivity contribution >= 4 is 35.6 Å². The zero-order valence-corrected chi connectivity index (χ0v) is 20.4. The summed E-state index contributed by atoms with van der Waals surface area (Å²) >= 11 is 0. The summed E-state index contributed by atoms with van der Waals surface area (Å²) in [5, 5.41) is 2.23. The quantitative estimate of drug-likeness (QED) is 0.278. The van der Waals surface area contributed by atoms with E-state index in [1.54, 1.807) is 36.4 Å². The second kappa shape index (κ2) is 10.8. The summed E-state index contributed by atoms with van der Waals surface area (Å²) in [5.74, 6) is -0.960. The number of carbonyl (C=O) groups excluding carboxylic acids is 4. The molecule has 1 saturated heterocycles. The van der Waals surface area contributed by atoms with Gasteiger partial charge in [0, 0.05) is 0 Å². The van der Waals surface area contributed by atoms with Gasteiger partial charge in [-0.05, 0) is 54.0 Å². The average molecular weight is 504 g/mol. The molecule has 0 spiro atoms. The number of methoxy groups -OCH3 is 2. The van der Waals surface area contributed by atoms with Gasteiger partial charge in [0.15, 0.2) is 11.5 Å². The number of hydrogen-bond acceptors (Lipinski definition) is 8. The molecule has 1 aliphatic heterocycles. The van der Waals surface area contributed by atoms with Gasteiger partial charge >= 0.3 is 12.0 Å². The summed E-state index contributed by atoms with van der Waals surface area (Å²) in [4.78, 5) is 50.9. The molecule has 0 radical (unpaired) electrons. The summed E-state index contributed by atoms with van der Waals surface area (Å²) in [5.41, 5.74) is 1.48.